The van der Waals surface area contributed by atoms with E-state index < -0.39 is 0 Å². The van der Waals surface area contributed by atoms with Crippen LogP contribution < -0.4 is 0 Å². The van der Waals surface area contributed by atoms with Crippen molar-refractivity contribution >= 4 is 0 Å². The van der Waals surface area contributed by atoms with Crippen molar-refractivity contribution in [1.29, 1.82) is 0 Å². The van der Waals surface area contributed by atoms with Gasteiger partial charge in [0.15, 0.2) is 0 Å². The van der Waals surface area contributed by atoms with Crippen molar-refractivity contribution < 1.29 is 80.8 Å². The fraction of sp³-hybridized carbons (Fsp3) is 0. The summed E-state index contributed by atoms with van der Waals surface area (Å²) in [5.41, 5.74) is 0. The molecule has 6 heteroatoms. The van der Waals surface area contributed by atoms with Gasteiger partial charge in [-0.05, 0) is 0 Å². The molecule has 0 bridgehead atoms. The van der Waals surface area contributed by atoms with Crippen LogP contribution in [-0.4, -0.2) is 0 Å². The average Bonchev–Trinajstić information content (AvgIpc) is 0. The second kappa shape index (κ2) is 72.3. The van der Waals surface area contributed by atoms with Gasteiger partial charge in [0.1, 0.15) is 0 Å². The van der Waals surface area contributed by atoms with Gasteiger partial charge in [-0.1, -0.05) is 0 Å². The molecule has 6 heavy (non-hydrogen) atoms. The van der Waals surface area contributed by atoms with Crippen LogP contribution in [0.1, 0.15) is 0 Å². The predicted molar refractivity (Wildman–Crippen MR) is 2.75 cm³/mol. The van der Waals surface area contributed by atoms with Crippen LogP contribution in [0.2, 0.25) is 0 Å². The second-order valence-electron chi connectivity index (χ2n) is 0. The Kier molecular flexibility index (Phi) is 1380. The zero-order valence-corrected chi connectivity index (χ0v) is 6.50. The molecule has 0 fully saturated rings. The van der Waals surface area contributed by atoms with E-state index in [2.05, 4.69) is 0 Å². The van der Waals surface area contributed by atoms with Crippen LogP contribution >= 0.6 is 0 Å². The molecule has 0 aliphatic heterocycles. The Morgan fingerprint density at radius 3 is 0.500 bits per heavy atom. The molecule has 0 saturated carbocycles. The molecule has 0 aromatic heterocycles. The van der Waals surface area contributed by atoms with E-state index in [0.717, 1.165) is 0 Å². The largest absolute Gasteiger partial charge is 3.00 e. The Morgan fingerprint density at radius 1 is 0.500 bits per heavy atom. The van der Waals surface area contributed by atoms with Gasteiger partial charge >= 0.3 is 40.4 Å². The number of rotatable bonds is 0. The zero-order chi connectivity index (χ0) is 0. The number of hydrogen-bond donors (Lipinski definition) is 0. The van der Waals surface area contributed by atoms with Gasteiger partial charge in [-0.2, -0.15) is 0 Å². The van der Waals surface area contributed by atoms with Gasteiger partial charge in [-0.25, -0.2) is 0 Å². The van der Waals surface area contributed by atoms with Crippen LogP contribution in [0.4, 0.5) is 0 Å². The summed E-state index contributed by atoms with van der Waals surface area (Å²) in [5, 5.41) is 0. The third kappa shape index (κ3) is 42.1. The molecule has 40 valence electrons. The molecular weight excluding hydrogens is 265 g/mol. The van der Waals surface area contributed by atoms with E-state index in [0.29, 0.717) is 0 Å². The topological polar surface area (TPSA) is 114 Å². The number of hydrogen-bond acceptors (Lipinski definition) is 0. The summed E-state index contributed by atoms with van der Waals surface area (Å²) in [5.74, 6) is 0. The van der Waals surface area contributed by atoms with Crippen molar-refractivity contribution in [2.24, 2.45) is 0 Å². The van der Waals surface area contributed by atoms with Crippen molar-refractivity contribution in [1.82, 2.24) is 0 Å². The van der Waals surface area contributed by atoms with Crippen molar-refractivity contribution in [3.63, 3.8) is 0 Å². The third-order valence-corrected chi connectivity index (χ3v) is 0. The van der Waals surface area contributed by atoms with Gasteiger partial charge in [0.05, 0.1) is 0 Å². The summed E-state index contributed by atoms with van der Waals surface area (Å²) in [4.78, 5) is 0. The summed E-state index contributed by atoms with van der Waals surface area (Å²) >= 11 is 0. The van der Waals surface area contributed by atoms with Gasteiger partial charge in [0, 0.05) is 18.6 Å². The second-order valence-corrected chi connectivity index (χ2v) is 0. The monoisotopic (exact) mass is 267 g/mol. The van der Waals surface area contributed by atoms with Gasteiger partial charge < -0.3 is 21.9 Å². The van der Waals surface area contributed by atoms with E-state index in [4.69, 9.17) is 0 Å². The van der Waals surface area contributed by atoms with Gasteiger partial charge in [-0.15, -0.1) is 0 Å². The fourth-order valence-electron chi connectivity index (χ4n) is 0. The molecule has 4 nitrogen and oxygen atoms in total. The molecule has 0 unspecified atom stereocenters. The molecule has 0 aliphatic carbocycles. The molecule has 0 aromatic rings. The van der Waals surface area contributed by atoms with E-state index in [9.17, 15) is 0 Å². The Hall–Kier alpha value is 1.76. The van der Waals surface area contributed by atoms with Crippen LogP contribution in [0.3, 0.4) is 0 Å². The molecule has 0 aromatic carbocycles. The van der Waals surface area contributed by atoms with E-state index >= 15 is 0 Å². The molecule has 0 atom stereocenters. The first kappa shape index (κ1) is 114. The summed E-state index contributed by atoms with van der Waals surface area (Å²) < 4.78 is 0. The summed E-state index contributed by atoms with van der Waals surface area (Å²) in [6.07, 6.45) is 0. The molecule has 2 radical (unpaired) electrons. The maximum absolute atomic E-state index is 0. The van der Waals surface area contributed by atoms with Gasteiger partial charge in [-0.3, -0.25) is 0 Å². The van der Waals surface area contributed by atoms with Crippen molar-refractivity contribution in [2.45, 2.75) is 0 Å². The maximum Gasteiger partial charge on any atom is 3.00 e. The molecule has 0 saturated heterocycles. The summed E-state index contributed by atoms with van der Waals surface area (Å²) in [6.45, 7) is 0. The van der Waals surface area contributed by atoms with E-state index in [1.807, 2.05) is 0 Å². The molecule has 0 N–H and O–H groups in total. The minimum atomic E-state index is 0. The first-order valence-electron chi connectivity index (χ1n) is 0. The third-order valence-electron chi connectivity index (χ3n) is 0. The molecule has 0 aliphatic rings. The summed E-state index contributed by atoms with van der Waals surface area (Å²) in [6, 6.07) is 0. The van der Waals surface area contributed by atoms with E-state index in [-0.39, 0.29) is 80.8 Å². The molecule has 0 rings (SSSR count). The Morgan fingerprint density at radius 2 is 0.500 bits per heavy atom. The van der Waals surface area contributed by atoms with Crippen LogP contribution in [0.25, 0.3) is 0 Å². The van der Waals surface area contributed by atoms with Crippen LogP contribution in [0.5, 0.6) is 0 Å². The van der Waals surface area contributed by atoms with Gasteiger partial charge in [0.25, 0.3) is 0 Å². The van der Waals surface area contributed by atoms with Crippen LogP contribution in [-0.2, 0) is 40.5 Å². The minimum Gasteiger partial charge on any atom is -2.00 e. The smallest absolute Gasteiger partial charge is 2.00 e. The van der Waals surface area contributed by atoms with E-state index in [1.165, 1.54) is 0 Å². The Bertz CT molecular complexity index is 7.51. The van der Waals surface area contributed by atoms with Crippen molar-refractivity contribution in [2.75, 3.05) is 0 Å². The molecule has 0 amide bonds. The Balaban J connectivity index is 0. The first-order chi connectivity index (χ1) is 0. The quantitative estimate of drug-likeness (QED) is 0.563. The SMILES string of the molecule is [O-2].[O-2].[O-2].[O-2].[Sm+3].[V]. The maximum atomic E-state index is 0. The molecular formula is O4SmV-5. The van der Waals surface area contributed by atoms with Crippen molar-refractivity contribution in [3.05, 3.63) is 0 Å². The predicted octanol–water partition coefficient (Wildman–Crippen LogP) is -0.478. The van der Waals surface area contributed by atoms with E-state index in [1.54, 1.807) is 0 Å². The first-order valence-corrected chi connectivity index (χ1v) is 0. The fourth-order valence-corrected chi connectivity index (χ4v) is 0. The van der Waals surface area contributed by atoms with Gasteiger partial charge in [0.2, 0.25) is 0 Å². The van der Waals surface area contributed by atoms with Crippen molar-refractivity contribution in [3.8, 4) is 0 Å². The normalized spacial score (nSPS) is 0. The Labute approximate surface area is 79.9 Å². The molecule has 0 heterocycles. The minimum absolute atomic E-state index is 0. The summed E-state index contributed by atoms with van der Waals surface area (Å²) in [7, 11) is 0. The molecule has 0 spiro atoms. The van der Waals surface area contributed by atoms with Crippen LogP contribution in [0.15, 0.2) is 0 Å². The van der Waals surface area contributed by atoms with Crippen LogP contribution in [0, 0.1) is 40.4 Å². The average molecular weight is 265 g/mol. The standard InChI is InChI=1S/4O.Sm.V/q4*-2;+3;. The zero-order valence-electron chi connectivity index (χ0n) is 2.49.